The monoisotopic (exact) mass is 423 g/mol. The van der Waals surface area contributed by atoms with Gasteiger partial charge in [0.25, 0.3) is 0 Å². The molecule has 27 heavy (non-hydrogen) atoms. The summed E-state index contributed by atoms with van der Waals surface area (Å²) in [4.78, 5) is 16.8. The van der Waals surface area contributed by atoms with Gasteiger partial charge in [0.1, 0.15) is 27.8 Å². The van der Waals surface area contributed by atoms with E-state index in [1.165, 1.54) is 16.6 Å². The number of halogens is 1. The summed E-state index contributed by atoms with van der Waals surface area (Å²) in [6, 6.07) is 7.18. The number of carbonyl (C=O) groups is 1. The first-order chi connectivity index (χ1) is 13.0. The fourth-order valence-corrected chi connectivity index (χ4v) is 5.59. The first-order valence-electron chi connectivity index (χ1n) is 8.12. The fourth-order valence-electron chi connectivity index (χ4n) is 3.07. The number of fused-ring (bicyclic) bond motifs is 1. The van der Waals surface area contributed by atoms with Gasteiger partial charge in [0.2, 0.25) is 15.9 Å². The molecule has 1 aliphatic heterocycles. The third-order valence-electron chi connectivity index (χ3n) is 4.32. The minimum Gasteiger partial charge on any atom is -0.309 e. The van der Waals surface area contributed by atoms with E-state index in [9.17, 15) is 13.2 Å². The van der Waals surface area contributed by atoms with Gasteiger partial charge in [-0.3, -0.25) is 4.79 Å². The zero-order valence-electron chi connectivity index (χ0n) is 13.9. The van der Waals surface area contributed by atoms with Crippen molar-refractivity contribution in [2.45, 2.75) is 23.8 Å². The number of pyridine rings is 1. The molecular formula is C16H14ClN5O3S2. The summed E-state index contributed by atoms with van der Waals surface area (Å²) < 4.78 is 35.8. The quantitative estimate of drug-likeness (QED) is 0.691. The molecule has 1 saturated heterocycles. The molecule has 1 amide bonds. The van der Waals surface area contributed by atoms with E-state index in [1.54, 1.807) is 24.3 Å². The Morgan fingerprint density at radius 2 is 2.11 bits per heavy atom. The number of nitrogens with zero attached hydrogens (tertiary/aromatic N) is 4. The zero-order chi connectivity index (χ0) is 19.0. The fraction of sp³-hybridized carbons (Fsp3) is 0.250. The molecule has 2 aromatic heterocycles. The van der Waals surface area contributed by atoms with Gasteiger partial charge < -0.3 is 5.32 Å². The molecule has 8 nitrogen and oxygen atoms in total. The van der Waals surface area contributed by atoms with Gasteiger partial charge in [0.15, 0.2) is 0 Å². The van der Waals surface area contributed by atoms with Crippen LogP contribution >= 0.6 is 23.3 Å². The number of rotatable bonds is 4. The SMILES string of the molecule is O=C(Nc1ccc(Cl)cn1)C1CCCN1S(=O)(=O)c1cccc2nsnc12. The Morgan fingerprint density at radius 3 is 2.89 bits per heavy atom. The van der Waals surface area contributed by atoms with Crippen molar-refractivity contribution < 1.29 is 13.2 Å². The molecule has 1 aromatic carbocycles. The lowest BCUT2D eigenvalue weighted by atomic mass is 10.2. The number of sulfonamides is 1. The van der Waals surface area contributed by atoms with E-state index in [1.807, 2.05) is 0 Å². The molecule has 0 bridgehead atoms. The van der Waals surface area contributed by atoms with Crippen LogP contribution in [-0.2, 0) is 14.8 Å². The number of aromatic nitrogens is 3. The molecule has 140 valence electrons. The molecule has 0 spiro atoms. The first-order valence-corrected chi connectivity index (χ1v) is 10.7. The van der Waals surface area contributed by atoms with Crippen molar-refractivity contribution in [2.75, 3.05) is 11.9 Å². The highest BCUT2D eigenvalue weighted by Crippen LogP contribution is 2.30. The number of nitrogens with one attached hydrogen (secondary N) is 1. The van der Waals surface area contributed by atoms with E-state index in [0.717, 1.165) is 11.7 Å². The molecule has 4 rings (SSSR count). The molecule has 11 heteroatoms. The average molecular weight is 424 g/mol. The highest BCUT2D eigenvalue weighted by Gasteiger charge is 2.40. The van der Waals surface area contributed by atoms with Crippen LogP contribution in [0.3, 0.4) is 0 Å². The van der Waals surface area contributed by atoms with Gasteiger partial charge in [0, 0.05) is 12.7 Å². The molecule has 1 N–H and O–H groups in total. The Bertz CT molecular complexity index is 1100. The molecule has 3 heterocycles. The summed E-state index contributed by atoms with van der Waals surface area (Å²) >= 11 is 6.75. The Morgan fingerprint density at radius 1 is 1.26 bits per heavy atom. The van der Waals surface area contributed by atoms with Crippen molar-refractivity contribution in [1.29, 1.82) is 0 Å². The molecule has 1 aliphatic rings. The van der Waals surface area contributed by atoms with Crippen LogP contribution in [-0.4, -0.2) is 44.9 Å². The number of amides is 1. The van der Waals surface area contributed by atoms with E-state index in [2.05, 4.69) is 19.0 Å². The topological polar surface area (TPSA) is 105 Å². The maximum absolute atomic E-state index is 13.2. The third kappa shape index (κ3) is 3.41. The highest BCUT2D eigenvalue weighted by atomic mass is 35.5. The predicted octanol–water partition coefficient (Wildman–Crippen LogP) is 2.53. The summed E-state index contributed by atoms with van der Waals surface area (Å²) in [5, 5.41) is 3.10. The zero-order valence-corrected chi connectivity index (χ0v) is 16.3. The molecule has 1 unspecified atom stereocenters. The lowest BCUT2D eigenvalue weighted by Gasteiger charge is -2.23. The number of benzene rings is 1. The van der Waals surface area contributed by atoms with Crippen molar-refractivity contribution in [1.82, 2.24) is 18.0 Å². The van der Waals surface area contributed by atoms with E-state index >= 15 is 0 Å². The molecule has 0 aliphatic carbocycles. The van der Waals surface area contributed by atoms with Crippen LogP contribution in [0, 0.1) is 0 Å². The average Bonchev–Trinajstić information content (AvgIpc) is 3.32. The molecule has 1 atom stereocenters. The summed E-state index contributed by atoms with van der Waals surface area (Å²) in [7, 11) is -3.89. The summed E-state index contributed by atoms with van der Waals surface area (Å²) in [5.74, 6) is -0.103. The lowest BCUT2D eigenvalue weighted by molar-refractivity contribution is -0.119. The lowest BCUT2D eigenvalue weighted by Crippen LogP contribution is -2.43. The molecule has 1 fully saturated rings. The van der Waals surface area contributed by atoms with Crippen molar-refractivity contribution in [3.8, 4) is 0 Å². The van der Waals surface area contributed by atoms with Crippen LogP contribution in [0.2, 0.25) is 5.02 Å². The highest BCUT2D eigenvalue weighted by molar-refractivity contribution is 7.89. The van der Waals surface area contributed by atoms with Gasteiger partial charge in [-0.1, -0.05) is 17.7 Å². The van der Waals surface area contributed by atoms with Gasteiger partial charge >= 0.3 is 0 Å². The maximum Gasteiger partial charge on any atom is 0.246 e. The minimum absolute atomic E-state index is 0.0677. The largest absolute Gasteiger partial charge is 0.309 e. The van der Waals surface area contributed by atoms with Crippen LogP contribution in [0.1, 0.15) is 12.8 Å². The Kier molecular flexibility index (Phi) is 4.81. The van der Waals surface area contributed by atoms with Crippen LogP contribution < -0.4 is 5.32 Å². The van der Waals surface area contributed by atoms with Gasteiger partial charge in [0.05, 0.1) is 16.8 Å². The second-order valence-electron chi connectivity index (χ2n) is 6.01. The van der Waals surface area contributed by atoms with E-state index in [0.29, 0.717) is 34.7 Å². The van der Waals surface area contributed by atoms with E-state index in [-0.39, 0.29) is 11.4 Å². The van der Waals surface area contributed by atoms with Gasteiger partial charge in [-0.2, -0.15) is 13.1 Å². The molecular weight excluding hydrogens is 410 g/mol. The Hall–Kier alpha value is -2.14. The van der Waals surface area contributed by atoms with E-state index in [4.69, 9.17) is 11.6 Å². The van der Waals surface area contributed by atoms with Crippen molar-refractivity contribution in [3.05, 3.63) is 41.6 Å². The van der Waals surface area contributed by atoms with Crippen molar-refractivity contribution >= 4 is 56.1 Å². The molecule has 0 saturated carbocycles. The van der Waals surface area contributed by atoms with Crippen molar-refractivity contribution in [3.63, 3.8) is 0 Å². The Balaban J connectivity index is 1.63. The first kappa shape index (κ1) is 18.2. The number of hydrogen-bond donors (Lipinski definition) is 1. The Labute approximate surface area is 164 Å². The summed E-state index contributed by atoms with van der Waals surface area (Å²) in [5.41, 5.74) is 0.847. The van der Waals surface area contributed by atoms with Crippen molar-refractivity contribution in [2.24, 2.45) is 0 Å². The van der Waals surface area contributed by atoms with E-state index < -0.39 is 22.0 Å². The van der Waals surface area contributed by atoms with Gasteiger partial charge in [-0.15, -0.1) is 0 Å². The van der Waals surface area contributed by atoms with Gasteiger partial charge in [-0.25, -0.2) is 13.4 Å². The third-order valence-corrected chi connectivity index (χ3v) is 7.03. The summed E-state index contributed by atoms with van der Waals surface area (Å²) in [6.45, 7) is 0.266. The maximum atomic E-state index is 13.2. The van der Waals surface area contributed by atoms with Gasteiger partial charge in [-0.05, 0) is 37.1 Å². The molecule has 0 radical (unpaired) electrons. The summed E-state index contributed by atoms with van der Waals surface area (Å²) in [6.07, 6.45) is 2.44. The van der Waals surface area contributed by atoms with Crippen LogP contribution in [0.15, 0.2) is 41.4 Å². The second-order valence-corrected chi connectivity index (χ2v) is 8.84. The van der Waals surface area contributed by atoms with Crippen LogP contribution in [0.5, 0.6) is 0 Å². The number of carbonyl (C=O) groups excluding carboxylic acids is 1. The van der Waals surface area contributed by atoms with Crippen LogP contribution in [0.4, 0.5) is 5.82 Å². The standard InChI is InChI=1S/C16H14ClN5O3S2/c17-10-6-7-14(18-9-10)19-16(23)12-4-2-8-22(12)27(24,25)13-5-1-3-11-15(13)21-26-20-11/h1,3,5-7,9,12H,2,4,8H2,(H,18,19,23). The second kappa shape index (κ2) is 7.12. The number of anilines is 1. The smallest absolute Gasteiger partial charge is 0.246 e. The predicted molar refractivity (Wildman–Crippen MR) is 102 cm³/mol. The van der Waals surface area contributed by atoms with Crippen LogP contribution in [0.25, 0.3) is 11.0 Å². The minimum atomic E-state index is -3.89. The normalized spacial score (nSPS) is 18.0. The number of hydrogen-bond acceptors (Lipinski definition) is 7. The molecule has 3 aromatic rings.